The van der Waals surface area contributed by atoms with Gasteiger partial charge in [-0.25, -0.2) is 0 Å². The van der Waals surface area contributed by atoms with Crippen LogP contribution in [0.4, 0.5) is 0 Å². The summed E-state index contributed by atoms with van der Waals surface area (Å²) in [4.78, 5) is 14.7. The van der Waals surface area contributed by atoms with Crippen LogP contribution >= 0.6 is 11.6 Å². The zero-order valence-electron chi connectivity index (χ0n) is 15.6. The van der Waals surface area contributed by atoms with E-state index in [1.54, 1.807) is 36.5 Å². The zero-order chi connectivity index (χ0) is 19.4. The molecule has 1 aromatic carbocycles. The lowest BCUT2D eigenvalue weighted by Crippen LogP contribution is -2.39. The monoisotopic (exact) mass is 387 g/mol. The lowest BCUT2D eigenvalue weighted by Gasteiger charge is -2.25. The summed E-state index contributed by atoms with van der Waals surface area (Å²) in [5, 5.41) is 0.707. The minimum absolute atomic E-state index is 0.159. The van der Waals surface area contributed by atoms with Crippen molar-refractivity contribution in [1.82, 2.24) is 4.90 Å². The van der Waals surface area contributed by atoms with Crippen molar-refractivity contribution in [1.29, 1.82) is 0 Å². The third-order valence-electron chi connectivity index (χ3n) is 4.24. The molecule has 3 rings (SSSR count). The maximum Gasteiger partial charge on any atom is 0.264 e. The molecule has 27 heavy (non-hydrogen) atoms. The molecule has 1 atom stereocenters. The molecular weight excluding hydrogens is 366 g/mol. The molecule has 6 heteroatoms. The Balaban J connectivity index is 1.75. The number of halogens is 1. The first-order chi connectivity index (χ1) is 12.9. The molecule has 0 saturated carbocycles. The van der Waals surface area contributed by atoms with E-state index >= 15 is 0 Å². The van der Waals surface area contributed by atoms with Gasteiger partial charge in [-0.2, -0.15) is 0 Å². The number of hydrogen-bond acceptors (Lipinski definition) is 4. The molecule has 0 spiro atoms. The van der Waals surface area contributed by atoms with Gasteiger partial charge in [-0.05, 0) is 68.3 Å². The minimum Gasteiger partial charge on any atom is -0.481 e. The van der Waals surface area contributed by atoms with Crippen molar-refractivity contribution in [2.75, 3.05) is 0 Å². The van der Waals surface area contributed by atoms with Gasteiger partial charge in [-0.3, -0.25) is 4.79 Å². The lowest BCUT2D eigenvalue weighted by molar-refractivity contribution is -0.139. The van der Waals surface area contributed by atoms with E-state index < -0.39 is 6.10 Å². The van der Waals surface area contributed by atoms with Crippen LogP contribution in [0.25, 0.3) is 0 Å². The van der Waals surface area contributed by atoms with Crippen LogP contribution in [-0.2, 0) is 17.9 Å². The fourth-order valence-electron chi connectivity index (χ4n) is 2.88. The van der Waals surface area contributed by atoms with E-state index in [-0.39, 0.29) is 5.91 Å². The number of benzene rings is 1. The maximum absolute atomic E-state index is 13.0. The van der Waals surface area contributed by atoms with Crippen molar-refractivity contribution in [2.24, 2.45) is 0 Å². The van der Waals surface area contributed by atoms with E-state index in [9.17, 15) is 4.79 Å². The summed E-state index contributed by atoms with van der Waals surface area (Å²) in [7, 11) is 0. The Bertz CT molecular complexity index is 828. The second kappa shape index (κ2) is 8.35. The maximum atomic E-state index is 13.0. The second-order valence-corrected chi connectivity index (χ2v) is 6.86. The van der Waals surface area contributed by atoms with Crippen LogP contribution in [-0.4, -0.2) is 16.9 Å². The predicted octanol–water partition coefficient (Wildman–Crippen LogP) is 5.14. The van der Waals surface area contributed by atoms with Gasteiger partial charge in [0.1, 0.15) is 17.3 Å². The molecule has 0 N–H and O–H groups in total. The number of carbonyl (C=O) groups is 1. The average molecular weight is 388 g/mol. The molecule has 3 aromatic rings. The first kappa shape index (κ1) is 19.1. The van der Waals surface area contributed by atoms with E-state index in [4.69, 9.17) is 25.2 Å². The molecule has 0 unspecified atom stereocenters. The van der Waals surface area contributed by atoms with E-state index in [2.05, 4.69) is 0 Å². The number of carbonyl (C=O) groups excluding carboxylic acids is 1. The number of aryl methyl sites for hydroxylation is 2. The Hall–Kier alpha value is -2.66. The Kier molecular flexibility index (Phi) is 5.91. The van der Waals surface area contributed by atoms with Crippen molar-refractivity contribution >= 4 is 17.5 Å². The van der Waals surface area contributed by atoms with Gasteiger partial charge in [0, 0.05) is 5.02 Å². The zero-order valence-corrected chi connectivity index (χ0v) is 16.3. The van der Waals surface area contributed by atoms with Crippen molar-refractivity contribution < 1.29 is 18.4 Å². The molecule has 0 aliphatic heterocycles. The molecule has 0 radical (unpaired) electrons. The number of furan rings is 2. The van der Waals surface area contributed by atoms with Crippen molar-refractivity contribution in [3.05, 3.63) is 76.6 Å². The smallest absolute Gasteiger partial charge is 0.264 e. The van der Waals surface area contributed by atoms with Crippen LogP contribution in [0.1, 0.15) is 29.6 Å². The van der Waals surface area contributed by atoms with Gasteiger partial charge < -0.3 is 18.5 Å². The number of nitrogens with zero attached hydrogens (tertiary/aromatic N) is 1. The largest absolute Gasteiger partial charge is 0.481 e. The van der Waals surface area contributed by atoms with Crippen LogP contribution in [0.5, 0.6) is 5.75 Å². The lowest BCUT2D eigenvalue weighted by atomic mass is 10.1. The molecule has 0 saturated heterocycles. The predicted molar refractivity (Wildman–Crippen MR) is 103 cm³/mol. The molecule has 0 fully saturated rings. The topological polar surface area (TPSA) is 55.8 Å². The summed E-state index contributed by atoms with van der Waals surface area (Å²) >= 11 is 6.21. The quantitative estimate of drug-likeness (QED) is 0.563. The van der Waals surface area contributed by atoms with E-state index in [0.717, 1.165) is 11.1 Å². The molecule has 2 aromatic heterocycles. The number of hydrogen-bond donors (Lipinski definition) is 0. The summed E-state index contributed by atoms with van der Waals surface area (Å²) in [5.41, 5.74) is 1.82. The molecule has 0 bridgehead atoms. The van der Waals surface area contributed by atoms with Crippen LogP contribution in [0.15, 0.2) is 57.8 Å². The van der Waals surface area contributed by atoms with Gasteiger partial charge in [0.2, 0.25) is 0 Å². The molecule has 0 aliphatic carbocycles. The molecule has 142 valence electrons. The van der Waals surface area contributed by atoms with Gasteiger partial charge in [-0.15, -0.1) is 0 Å². The van der Waals surface area contributed by atoms with Gasteiger partial charge >= 0.3 is 0 Å². The summed E-state index contributed by atoms with van der Waals surface area (Å²) in [6.07, 6.45) is 2.50. The van der Waals surface area contributed by atoms with Gasteiger partial charge in [0.05, 0.1) is 25.6 Å². The Morgan fingerprint density at radius 2 is 1.59 bits per heavy atom. The fourth-order valence-corrected chi connectivity index (χ4v) is 2.99. The molecule has 0 aliphatic rings. The van der Waals surface area contributed by atoms with Crippen LogP contribution in [0.3, 0.4) is 0 Å². The highest BCUT2D eigenvalue weighted by atomic mass is 35.5. The Labute approximate surface area is 163 Å². The van der Waals surface area contributed by atoms with Gasteiger partial charge in [0.15, 0.2) is 6.10 Å². The first-order valence-corrected chi connectivity index (χ1v) is 9.09. The minimum atomic E-state index is -0.671. The summed E-state index contributed by atoms with van der Waals surface area (Å²) in [6.45, 7) is 6.22. The number of amides is 1. The van der Waals surface area contributed by atoms with E-state index in [1.165, 1.54) is 0 Å². The van der Waals surface area contributed by atoms with Crippen molar-refractivity contribution in [3.63, 3.8) is 0 Å². The first-order valence-electron chi connectivity index (χ1n) is 8.71. The normalized spacial score (nSPS) is 12.0. The summed E-state index contributed by atoms with van der Waals surface area (Å²) in [6, 6.07) is 10.9. The van der Waals surface area contributed by atoms with Gasteiger partial charge in [-0.1, -0.05) is 11.6 Å². The molecular formula is C21H22ClNO4. The van der Waals surface area contributed by atoms with Crippen LogP contribution in [0, 0.1) is 13.8 Å². The molecule has 2 heterocycles. The number of rotatable bonds is 7. The third kappa shape index (κ3) is 4.74. The second-order valence-electron chi connectivity index (χ2n) is 6.48. The van der Waals surface area contributed by atoms with Gasteiger partial charge in [0.25, 0.3) is 5.91 Å². The highest BCUT2D eigenvalue weighted by Gasteiger charge is 2.24. The Morgan fingerprint density at radius 1 is 1.07 bits per heavy atom. The van der Waals surface area contributed by atoms with Crippen LogP contribution in [0.2, 0.25) is 5.02 Å². The summed E-state index contributed by atoms with van der Waals surface area (Å²) < 4.78 is 16.7. The Morgan fingerprint density at radius 3 is 2.04 bits per heavy atom. The highest BCUT2D eigenvalue weighted by molar-refractivity contribution is 6.32. The van der Waals surface area contributed by atoms with E-state index in [1.807, 2.05) is 38.1 Å². The number of ether oxygens (including phenoxy) is 1. The average Bonchev–Trinajstić information content (AvgIpc) is 3.32. The highest BCUT2D eigenvalue weighted by Crippen LogP contribution is 2.27. The fraction of sp³-hybridized carbons (Fsp3) is 0.286. The molecule has 1 amide bonds. The SMILES string of the molecule is Cc1cc(O[C@@H](C)C(=O)N(Cc2ccco2)Cc2ccco2)cc(C)c1Cl. The van der Waals surface area contributed by atoms with E-state index in [0.29, 0.717) is 35.4 Å². The standard InChI is InChI=1S/C21H22ClNO4/c1-14-10-19(11-15(2)20(14)22)27-16(3)21(24)23(12-17-6-4-8-25-17)13-18-7-5-9-26-18/h4-11,16H,12-13H2,1-3H3/t16-/m0/s1. The van der Waals surface area contributed by atoms with Crippen LogP contribution < -0.4 is 4.74 Å². The molecule has 5 nitrogen and oxygen atoms in total. The summed E-state index contributed by atoms with van der Waals surface area (Å²) in [5.74, 6) is 1.85. The third-order valence-corrected chi connectivity index (χ3v) is 4.83. The van der Waals surface area contributed by atoms with Crippen molar-refractivity contribution in [2.45, 2.75) is 40.0 Å². The van der Waals surface area contributed by atoms with Crippen molar-refractivity contribution in [3.8, 4) is 5.75 Å².